The Labute approximate surface area is 164 Å². The fourth-order valence-corrected chi connectivity index (χ4v) is 4.26. The molecular weight excluding hydrogens is 385 g/mol. The van der Waals surface area contributed by atoms with Gasteiger partial charge in [-0.05, 0) is 48.9 Å². The largest absolute Gasteiger partial charge is 0.326 e. The second-order valence-electron chi connectivity index (χ2n) is 5.80. The fourth-order valence-electron chi connectivity index (χ4n) is 2.35. The van der Waals surface area contributed by atoms with Crippen LogP contribution in [0.25, 0.3) is 10.2 Å². The molecule has 2 aromatic carbocycles. The Morgan fingerprint density at radius 2 is 1.78 bits per heavy atom. The molecule has 0 spiro atoms. The summed E-state index contributed by atoms with van der Waals surface area (Å²) in [6.07, 6.45) is 1.29. The molecule has 0 aliphatic rings. The molecule has 3 aromatic rings. The topological polar surface area (TPSA) is 71.1 Å². The SMILES string of the molecule is CCCC(=O)Nc1ccc2nc(SCC(=O)Nc3ccc(F)cc3)sc2c1. The highest BCUT2D eigenvalue weighted by Crippen LogP contribution is 2.31. The van der Waals surface area contributed by atoms with Crippen molar-refractivity contribution in [3.05, 3.63) is 48.3 Å². The number of carbonyl (C=O) groups is 2. The molecule has 0 radical (unpaired) electrons. The minimum absolute atomic E-state index is 0.00609. The number of hydrogen-bond acceptors (Lipinski definition) is 5. The smallest absolute Gasteiger partial charge is 0.234 e. The van der Waals surface area contributed by atoms with Gasteiger partial charge in [0.05, 0.1) is 16.0 Å². The molecule has 0 bridgehead atoms. The highest BCUT2D eigenvalue weighted by atomic mass is 32.2. The number of halogens is 1. The van der Waals surface area contributed by atoms with Gasteiger partial charge in [0.25, 0.3) is 0 Å². The number of nitrogens with zero attached hydrogens (tertiary/aromatic N) is 1. The Hall–Kier alpha value is -2.45. The van der Waals surface area contributed by atoms with E-state index >= 15 is 0 Å². The molecule has 140 valence electrons. The van der Waals surface area contributed by atoms with E-state index in [1.54, 1.807) is 0 Å². The van der Waals surface area contributed by atoms with Crippen LogP contribution in [0.4, 0.5) is 15.8 Å². The van der Waals surface area contributed by atoms with Gasteiger partial charge in [-0.1, -0.05) is 18.7 Å². The van der Waals surface area contributed by atoms with Gasteiger partial charge in [0.2, 0.25) is 11.8 Å². The first-order valence-electron chi connectivity index (χ1n) is 8.42. The molecule has 0 unspecified atom stereocenters. The first kappa shape index (κ1) is 19.3. The van der Waals surface area contributed by atoms with Crippen LogP contribution in [0.3, 0.4) is 0 Å². The molecule has 2 N–H and O–H groups in total. The highest BCUT2D eigenvalue weighted by molar-refractivity contribution is 8.01. The summed E-state index contributed by atoms with van der Waals surface area (Å²) in [6.45, 7) is 1.96. The van der Waals surface area contributed by atoms with Crippen LogP contribution < -0.4 is 10.6 Å². The predicted octanol–water partition coefficient (Wildman–Crippen LogP) is 4.90. The number of hydrogen-bond donors (Lipinski definition) is 2. The van der Waals surface area contributed by atoms with Crippen molar-refractivity contribution in [3.63, 3.8) is 0 Å². The van der Waals surface area contributed by atoms with Crippen LogP contribution in [0.1, 0.15) is 19.8 Å². The Kier molecular flexibility index (Phi) is 6.41. The van der Waals surface area contributed by atoms with E-state index in [1.807, 2.05) is 25.1 Å². The molecule has 1 aromatic heterocycles. The Balaban J connectivity index is 1.59. The van der Waals surface area contributed by atoms with Crippen molar-refractivity contribution in [3.8, 4) is 0 Å². The van der Waals surface area contributed by atoms with E-state index in [2.05, 4.69) is 15.6 Å². The Morgan fingerprint density at radius 3 is 2.52 bits per heavy atom. The number of amides is 2. The predicted molar refractivity (Wildman–Crippen MR) is 109 cm³/mol. The van der Waals surface area contributed by atoms with E-state index < -0.39 is 0 Å². The molecule has 27 heavy (non-hydrogen) atoms. The summed E-state index contributed by atoms with van der Waals surface area (Å²) >= 11 is 2.81. The van der Waals surface area contributed by atoms with Crippen LogP contribution in [0, 0.1) is 5.82 Å². The molecule has 0 saturated carbocycles. The number of carbonyl (C=O) groups excluding carboxylic acids is 2. The van der Waals surface area contributed by atoms with Crippen LogP contribution in [0.5, 0.6) is 0 Å². The standard InChI is InChI=1S/C19H18FN3O2S2/c1-2-3-17(24)22-14-8-9-15-16(10-14)27-19(23-15)26-11-18(25)21-13-6-4-12(20)5-7-13/h4-10H,2-3,11H2,1H3,(H,21,25)(H,22,24). The summed E-state index contributed by atoms with van der Waals surface area (Å²) < 4.78 is 14.6. The zero-order valence-corrected chi connectivity index (χ0v) is 16.3. The van der Waals surface area contributed by atoms with Crippen LogP contribution in [0.2, 0.25) is 0 Å². The van der Waals surface area contributed by atoms with Crippen LogP contribution >= 0.6 is 23.1 Å². The maximum Gasteiger partial charge on any atom is 0.234 e. The molecule has 1 heterocycles. The van der Waals surface area contributed by atoms with Gasteiger partial charge in [-0.2, -0.15) is 0 Å². The van der Waals surface area contributed by atoms with Gasteiger partial charge in [-0.25, -0.2) is 9.37 Å². The molecule has 0 atom stereocenters. The average Bonchev–Trinajstić information content (AvgIpc) is 3.04. The van der Waals surface area contributed by atoms with Gasteiger partial charge in [-0.15, -0.1) is 11.3 Å². The van der Waals surface area contributed by atoms with Gasteiger partial charge >= 0.3 is 0 Å². The van der Waals surface area contributed by atoms with Gasteiger partial charge in [0.1, 0.15) is 5.82 Å². The van der Waals surface area contributed by atoms with Gasteiger partial charge in [0.15, 0.2) is 4.34 Å². The minimum atomic E-state index is -0.345. The molecule has 0 aliphatic heterocycles. The van der Waals surface area contributed by atoms with Gasteiger partial charge in [0, 0.05) is 17.8 Å². The van der Waals surface area contributed by atoms with Crippen LogP contribution in [0.15, 0.2) is 46.8 Å². The minimum Gasteiger partial charge on any atom is -0.326 e. The van der Waals surface area contributed by atoms with Gasteiger partial charge in [-0.3, -0.25) is 9.59 Å². The number of aromatic nitrogens is 1. The first-order valence-corrected chi connectivity index (χ1v) is 10.2. The van der Waals surface area contributed by atoms with Crippen LogP contribution in [-0.4, -0.2) is 22.6 Å². The van der Waals surface area contributed by atoms with Crippen molar-refractivity contribution >= 4 is 56.5 Å². The summed E-state index contributed by atoms with van der Waals surface area (Å²) in [6, 6.07) is 11.2. The van der Waals surface area contributed by atoms with Crippen molar-refractivity contribution in [1.82, 2.24) is 4.98 Å². The molecular formula is C19H18FN3O2S2. The Morgan fingerprint density at radius 1 is 1.07 bits per heavy atom. The molecule has 5 nitrogen and oxygen atoms in total. The zero-order chi connectivity index (χ0) is 19.2. The number of rotatable bonds is 7. The maximum atomic E-state index is 12.9. The number of nitrogens with one attached hydrogen (secondary N) is 2. The molecule has 2 amide bonds. The van der Waals surface area contributed by atoms with Crippen molar-refractivity contribution in [1.29, 1.82) is 0 Å². The molecule has 8 heteroatoms. The van der Waals surface area contributed by atoms with Crippen molar-refractivity contribution in [2.45, 2.75) is 24.1 Å². The number of thioether (sulfide) groups is 1. The molecule has 0 aliphatic carbocycles. The number of benzene rings is 2. The summed E-state index contributed by atoms with van der Waals surface area (Å²) in [4.78, 5) is 28.2. The number of thiazole rings is 1. The van der Waals surface area contributed by atoms with E-state index in [1.165, 1.54) is 47.4 Å². The fraction of sp³-hybridized carbons (Fsp3) is 0.211. The van der Waals surface area contributed by atoms with Crippen molar-refractivity contribution in [2.75, 3.05) is 16.4 Å². The molecule has 0 saturated heterocycles. The molecule has 0 fully saturated rings. The quantitative estimate of drug-likeness (QED) is 0.550. The van der Waals surface area contributed by atoms with E-state index in [0.717, 1.165) is 26.7 Å². The zero-order valence-electron chi connectivity index (χ0n) is 14.6. The third-order valence-electron chi connectivity index (χ3n) is 3.58. The highest BCUT2D eigenvalue weighted by Gasteiger charge is 2.10. The average molecular weight is 404 g/mol. The Bertz CT molecular complexity index is 957. The first-order chi connectivity index (χ1) is 13.0. The van der Waals surface area contributed by atoms with Gasteiger partial charge < -0.3 is 10.6 Å². The van der Waals surface area contributed by atoms with Crippen LogP contribution in [-0.2, 0) is 9.59 Å². The lowest BCUT2D eigenvalue weighted by Gasteiger charge is -2.03. The lowest BCUT2D eigenvalue weighted by atomic mass is 10.2. The third-order valence-corrected chi connectivity index (χ3v) is 5.75. The summed E-state index contributed by atoms with van der Waals surface area (Å²) in [7, 11) is 0. The van der Waals surface area contributed by atoms with Crippen molar-refractivity contribution < 1.29 is 14.0 Å². The molecule has 3 rings (SSSR count). The summed E-state index contributed by atoms with van der Waals surface area (Å²) in [5.74, 6) is -0.328. The maximum absolute atomic E-state index is 12.9. The van der Waals surface area contributed by atoms with E-state index in [9.17, 15) is 14.0 Å². The lowest BCUT2D eigenvalue weighted by molar-refractivity contribution is -0.116. The monoisotopic (exact) mass is 403 g/mol. The summed E-state index contributed by atoms with van der Waals surface area (Å²) in [5, 5.41) is 5.59. The van der Waals surface area contributed by atoms with E-state index in [4.69, 9.17) is 0 Å². The van der Waals surface area contributed by atoms with Crippen molar-refractivity contribution in [2.24, 2.45) is 0 Å². The lowest BCUT2D eigenvalue weighted by Crippen LogP contribution is -2.13. The van der Waals surface area contributed by atoms with E-state index in [-0.39, 0.29) is 23.4 Å². The normalized spacial score (nSPS) is 10.7. The van der Waals surface area contributed by atoms with E-state index in [0.29, 0.717) is 12.1 Å². The second kappa shape index (κ2) is 8.96. The third kappa shape index (κ3) is 5.51. The number of anilines is 2. The summed E-state index contributed by atoms with van der Waals surface area (Å²) in [5.41, 5.74) is 2.13. The number of fused-ring (bicyclic) bond motifs is 1. The second-order valence-corrected chi connectivity index (χ2v) is 8.06.